The molecule has 0 amide bonds. The van der Waals surface area contributed by atoms with Crippen LogP contribution in [0.5, 0.6) is 0 Å². The summed E-state index contributed by atoms with van der Waals surface area (Å²) in [6.07, 6.45) is 4.29. The van der Waals surface area contributed by atoms with Crippen LogP contribution in [0.2, 0.25) is 0 Å². The molecule has 50 valence electrons. The SMILES string of the molecule is CC(=O)C1CCC=C1C. The Morgan fingerprint density at radius 1 is 1.78 bits per heavy atom. The third-order valence-electron chi connectivity index (χ3n) is 1.96. The molecule has 0 spiro atoms. The van der Waals surface area contributed by atoms with E-state index in [-0.39, 0.29) is 5.92 Å². The molecule has 0 saturated heterocycles. The molecular weight excluding hydrogens is 112 g/mol. The molecule has 1 unspecified atom stereocenters. The normalized spacial score (nSPS) is 26.0. The quantitative estimate of drug-likeness (QED) is 0.488. The van der Waals surface area contributed by atoms with Crippen LogP contribution in [0.25, 0.3) is 0 Å². The molecule has 0 fully saturated rings. The van der Waals surface area contributed by atoms with Gasteiger partial charge in [-0.2, -0.15) is 0 Å². The Morgan fingerprint density at radius 3 is 2.67 bits per heavy atom. The van der Waals surface area contributed by atoms with Gasteiger partial charge >= 0.3 is 0 Å². The van der Waals surface area contributed by atoms with E-state index in [2.05, 4.69) is 6.08 Å². The van der Waals surface area contributed by atoms with Crippen molar-refractivity contribution in [1.82, 2.24) is 0 Å². The van der Waals surface area contributed by atoms with Crippen LogP contribution in [0.3, 0.4) is 0 Å². The molecule has 1 aliphatic rings. The van der Waals surface area contributed by atoms with Crippen LogP contribution in [0.4, 0.5) is 0 Å². The summed E-state index contributed by atoms with van der Waals surface area (Å²) in [5.41, 5.74) is 1.27. The topological polar surface area (TPSA) is 17.1 Å². The molecule has 0 aliphatic heterocycles. The van der Waals surface area contributed by atoms with Crippen molar-refractivity contribution in [2.75, 3.05) is 0 Å². The first kappa shape index (κ1) is 6.53. The lowest BCUT2D eigenvalue weighted by Crippen LogP contribution is -2.07. The number of carbonyl (C=O) groups excluding carboxylic acids is 1. The fourth-order valence-electron chi connectivity index (χ4n) is 1.37. The van der Waals surface area contributed by atoms with Gasteiger partial charge in [-0.1, -0.05) is 11.6 Å². The smallest absolute Gasteiger partial charge is 0.136 e. The number of carbonyl (C=O) groups is 1. The molecule has 1 atom stereocenters. The highest BCUT2D eigenvalue weighted by molar-refractivity contribution is 5.81. The van der Waals surface area contributed by atoms with E-state index < -0.39 is 0 Å². The summed E-state index contributed by atoms with van der Waals surface area (Å²) in [5, 5.41) is 0. The standard InChI is InChI=1S/C8H12O/c1-6-4-3-5-8(6)7(2)9/h4,8H,3,5H2,1-2H3. The lowest BCUT2D eigenvalue weighted by molar-refractivity contribution is -0.119. The van der Waals surface area contributed by atoms with Gasteiger partial charge in [0.25, 0.3) is 0 Å². The van der Waals surface area contributed by atoms with Crippen LogP contribution >= 0.6 is 0 Å². The molecule has 1 heteroatoms. The van der Waals surface area contributed by atoms with Crippen molar-refractivity contribution in [1.29, 1.82) is 0 Å². The van der Waals surface area contributed by atoms with E-state index in [0.717, 1.165) is 12.8 Å². The van der Waals surface area contributed by atoms with Crippen molar-refractivity contribution in [3.8, 4) is 0 Å². The van der Waals surface area contributed by atoms with Crippen LogP contribution in [0.1, 0.15) is 26.7 Å². The third-order valence-corrected chi connectivity index (χ3v) is 1.96. The Hall–Kier alpha value is -0.590. The molecular formula is C8H12O. The summed E-state index contributed by atoms with van der Waals surface area (Å²) in [7, 11) is 0. The van der Waals surface area contributed by atoms with Crippen LogP contribution in [-0.4, -0.2) is 5.78 Å². The maximum absolute atomic E-state index is 10.8. The fraction of sp³-hybridized carbons (Fsp3) is 0.625. The van der Waals surface area contributed by atoms with Gasteiger partial charge in [0.2, 0.25) is 0 Å². The molecule has 1 aliphatic carbocycles. The number of Topliss-reactive ketones (excluding diaryl/α,β-unsaturated/α-hetero) is 1. The Labute approximate surface area is 55.8 Å². The van der Waals surface area contributed by atoms with Gasteiger partial charge in [0.15, 0.2) is 0 Å². The van der Waals surface area contributed by atoms with Crippen LogP contribution in [0.15, 0.2) is 11.6 Å². The van der Waals surface area contributed by atoms with Crippen LogP contribution in [-0.2, 0) is 4.79 Å². The zero-order valence-electron chi connectivity index (χ0n) is 5.98. The maximum Gasteiger partial charge on any atom is 0.136 e. The predicted octanol–water partition coefficient (Wildman–Crippen LogP) is 1.93. The number of hydrogen-bond acceptors (Lipinski definition) is 1. The molecule has 0 aromatic heterocycles. The molecule has 0 saturated carbocycles. The molecule has 9 heavy (non-hydrogen) atoms. The first-order valence-electron chi connectivity index (χ1n) is 3.39. The number of rotatable bonds is 1. The molecule has 0 bridgehead atoms. The minimum absolute atomic E-state index is 0.255. The van der Waals surface area contributed by atoms with E-state index in [1.54, 1.807) is 6.92 Å². The first-order valence-corrected chi connectivity index (χ1v) is 3.39. The van der Waals surface area contributed by atoms with Crippen molar-refractivity contribution in [3.05, 3.63) is 11.6 Å². The van der Waals surface area contributed by atoms with E-state index in [0.29, 0.717) is 5.78 Å². The maximum atomic E-state index is 10.8. The summed E-state index contributed by atoms with van der Waals surface area (Å²) in [6.45, 7) is 3.71. The highest BCUT2D eigenvalue weighted by Crippen LogP contribution is 2.25. The molecule has 0 aromatic carbocycles. The van der Waals surface area contributed by atoms with Gasteiger partial charge in [0, 0.05) is 5.92 Å². The summed E-state index contributed by atoms with van der Waals surface area (Å²) in [4.78, 5) is 10.8. The highest BCUT2D eigenvalue weighted by atomic mass is 16.1. The van der Waals surface area contributed by atoms with Crippen LogP contribution < -0.4 is 0 Å². The van der Waals surface area contributed by atoms with Gasteiger partial charge in [-0.25, -0.2) is 0 Å². The minimum atomic E-state index is 0.255. The summed E-state index contributed by atoms with van der Waals surface area (Å²) in [5.74, 6) is 0.575. The number of ketones is 1. The summed E-state index contributed by atoms with van der Waals surface area (Å²) in [6, 6.07) is 0. The first-order chi connectivity index (χ1) is 4.22. The second kappa shape index (κ2) is 2.34. The monoisotopic (exact) mass is 124 g/mol. The van der Waals surface area contributed by atoms with Gasteiger partial charge < -0.3 is 0 Å². The zero-order valence-corrected chi connectivity index (χ0v) is 5.98. The molecule has 0 heterocycles. The van der Waals surface area contributed by atoms with Gasteiger partial charge in [0.1, 0.15) is 5.78 Å². The second-order valence-corrected chi connectivity index (χ2v) is 2.69. The molecule has 0 N–H and O–H groups in total. The zero-order chi connectivity index (χ0) is 6.85. The van der Waals surface area contributed by atoms with E-state index >= 15 is 0 Å². The molecule has 0 radical (unpaired) electrons. The molecule has 1 rings (SSSR count). The average molecular weight is 124 g/mol. The second-order valence-electron chi connectivity index (χ2n) is 2.69. The van der Waals surface area contributed by atoms with Crippen molar-refractivity contribution < 1.29 is 4.79 Å². The third kappa shape index (κ3) is 1.21. The number of hydrogen-bond donors (Lipinski definition) is 0. The van der Waals surface area contributed by atoms with E-state index in [9.17, 15) is 4.79 Å². The minimum Gasteiger partial charge on any atom is -0.299 e. The van der Waals surface area contributed by atoms with Crippen molar-refractivity contribution in [2.45, 2.75) is 26.7 Å². The van der Waals surface area contributed by atoms with Crippen molar-refractivity contribution in [2.24, 2.45) is 5.92 Å². The lowest BCUT2D eigenvalue weighted by atomic mass is 9.99. The Morgan fingerprint density at radius 2 is 2.44 bits per heavy atom. The Kier molecular flexibility index (Phi) is 1.70. The van der Waals surface area contributed by atoms with E-state index in [4.69, 9.17) is 0 Å². The number of allylic oxidation sites excluding steroid dienone is 2. The van der Waals surface area contributed by atoms with Gasteiger partial charge in [-0.15, -0.1) is 0 Å². The van der Waals surface area contributed by atoms with Gasteiger partial charge in [0.05, 0.1) is 0 Å². The van der Waals surface area contributed by atoms with Crippen molar-refractivity contribution in [3.63, 3.8) is 0 Å². The van der Waals surface area contributed by atoms with Crippen molar-refractivity contribution >= 4 is 5.78 Å². The van der Waals surface area contributed by atoms with E-state index in [1.807, 2.05) is 6.92 Å². The Bertz CT molecular complexity index is 156. The summed E-state index contributed by atoms with van der Waals surface area (Å²) < 4.78 is 0. The molecule has 1 nitrogen and oxygen atoms in total. The van der Waals surface area contributed by atoms with E-state index in [1.165, 1.54) is 5.57 Å². The van der Waals surface area contributed by atoms with Crippen LogP contribution in [0, 0.1) is 5.92 Å². The predicted molar refractivity (Wildman–Crippen MR) is 37.2 cm³/mol. The average Bonchev–Trinajstić information content (AvgIpc) is 2.13. The lowest BCUT2D eigenvalue weighted by Gasteiger charge is -2.04. The summed E-state index contributed by atoms with van der Waals surface area (Å²) >= 11 is 0. The largest absolute Gasteiger partial charge is 0.299 e. The molecule has 0 aromatic rings. The Balaban J connectivity index is 2.63. The highest BCUT2D eigenvalue weighted by Gasteiger charge is 2.18. The van der Waals surface area contributed by atoms with Gasteiger partial charge in [-0.3, -0.25) is 4.79 Å². The van der Waals surface area contributed by atoms with Gasteiger partial charge in [-0.05, 0) is 26.7 Å². The fourth-order valence-corrected chi connectivity index (χ4v) is 1.37.